The Hall–Kier alpha value is -1.49. The molecule has 0 saturated heterocycles. The molecule has 0 fully saturated rings. The van der Waals surface area contributed by atoms with E-state index in [1.54, 1.807) is 23.9 Å². The molecule has 0 heterocycles. The molecule has 0 aliphatic carbocycles. The fourth-order valence-corrected chi connectivity index (χ4v) is 2.42. The van der Waals surface area contributed by atoms with Crippen LogP contribution in [0.3, 0.4) is 0 Å². The zero-order valence-corrected chi connectivity index (χ0v) is 12.9. The molecule has 110 valence electrons. The van der Waals surface area contributed by atoms with Crippen LogP contribution in [0.15, 0.2) is 24.3 Å². The highest BCUT2D eigenvalue weighted by molar-refractivity contribution is 7.97. The normalized spacial score (nSPS) is 12.2. The van der Waals surface area contributed by atoms with E-state index < -0.39 is 12.0 Å². The predicted molar refractivity (Wildman–Crippen MR) is 82.0 cm³/mol. The average molecular weight is 295 g/mol. The van der Waals surface area contributed by atoms with Gasteiger partial charge in [-0.25, -0.2) is 4.79 Å². The van der Waals surface area contributed by atoms with Crippen LogP contribution in [0.1, 0.15) is 36.2 Å². The number of aliphatic carboxylic acids is 1. The molecule has 0 bridgehead atoms. The van der Waals surface area contributed by atoms with Gasteiger partial charge in [0.05, 0.1) is 0 Å². The first-order valence-corrected chi connectivity index (χ1v) is 7.95. The van der Waals surface area contributed by atoms with Gasteiger partial charge in [0, 0.05) is 11.3 Å². The number of carboxylic acid groups (broad SMARTS) is 1. The third-order valence-corrected chi connectivity index (χ3v) is 3.43. The van der Waals surface area contributed by atoms with Crippen LogP contribution in [0.5, 0.6) is 0 Å². The Labute approximate surface area is 124 Å². The van der Waals surface area contributed by atoms with Gasteiger partial charge in [0.1, 0.15) is 6.04 Å². The second-order valence-corrected chi connectivity index (χ2v) is 5.99. The molecule has 4 nitrogen and oxygen atoms in total. The van der Waals surface area contributed by atoms with Crippen molar-refractivity contribution in [2.75, 3.05) is 6.26 Å². The molecule has 1 rings (SSSR count). The first kappa shape index (κ1) is 16.6. The molecule has 0 aromatic heterocycles. The highest BCUT2D eigenvalue weighted by atomic mass is 32.2. The van der Waals surface area contributed by atoms with Crippen molar-refractivity contribution in [1.29, 1.82) is 0 Å². The smallest absolute Gasteiger partial charge is 0.326 e. The van der Waals surface area contributed by atoms with Gasteiger partial charge >= 0.3 is 5.97 Å². The van der Waals surface area contributed by atoms with Crippen LogP contribution in [-0.4, -0.2) is 29.3 Å². The average Bonchev–Trinajstić information content (AvgIpc) is 2.38. The number of amides is 1. The number of carbonyl (C=O) groups is 2. The van der Waals surface area contributed by atoms with E-state index in [0.29, 0.717) is 12.0 Å². The molecule has 0 aliphatic heterocycles. The second-order valence-electron chi connectivity index (χ2n) is 5.13. The zero-order chi connectivity index (χ0) is 15.1. The summed E-state index contributed by atoms with van der Waals surface area (Å²) < 4.78 is 0. The second kappa shape index (κ2) is 7.94. The van der Waals surface area contributed by atoms with Crippen LogP contribution >= 0.6 is 11.8 Å². The molecule has 1 amide bonds. The molecular formula is C15H21NO3S. The number of carboxylic acids is 1. The number of carbonyl (C=O) groups excluding carboxylic acids is 1. The summed E-state index contributed by atoms with van der Waals surface area (Å²) in [5, 5.41) is 11.7. The van der Waals surface area contributed by atoms with Gasteiger partial charge in [0.25, 0.3) is 5.91 Å². The molecule has 1 aromatic carbocycles. The number of benzene rings is 1. The van der Waals surface area contributed by atoms with Gasteiger partial charge in [-0.1, -0.05) is 26.0 Å². The lowest BCUT2D eigenvalue weighted by Gasteiger charge is -2.16. The van der Waals surface area contributed by atoms with E-state index in [0.717, 1.165) is 11.3 Å². The largest absolute Gasteiger partial charge is 0.480 e. The Bertz CT molecular complexity index is 474. The van der Waals surface area contributed by atoms with E-state index in [1.165, 1.54) is 0 Å². The summed E-state index contributed by atoms with van der Waals surface area (Å²) in [6, 6.07) is 6.44. The maximum atomic E-state index is 12.1. The molecule has 2 N–H and O–H groups in total. The first-order chi connectivity index (χ1) is 9.43. The van der Waals surface area contributed by atoms with E-state index in [1.807, 2.05) is 32.2 Å². The fraction of sp³-hybridized carbons (Fsp3) is 0.467. The molecule has 1 aromatic rings. The lowest BCUT2D eigenvalue weighted by molar-refractivity contribution is -0.139. The minimum absolute atomic E-state index is 0.208. The predicted octanol–water partition coefficient (Wildman–Crippen LogP) is 2.78. The molecule has 20 heavy (non-hydrogen) atoms. The van der Waals surface area contributed by atoms with Gasteiger partial charge in [-0.3, -0.25) is 4.79 Å². The van der Waals surface area contributed by atoms with Crippen molar-refractivity contribution in [2.24, 2.45) is 5.92 Å². The monoisotopic (exact) mass is 295 g/mol. The SMILES string of the molecule is CSCc1cccc(C(=O)N[C@H](CC(C)C)C(=O)O)c1. The van der Waals surface area contributed by atoms with E-state index in [2.05, 4.69) is 5.32 Å². The third-order valence-electron chi connectivity index (χ3n) is 2.81. The van der Waals surface area contributed by atoms with E-state index in [9.17, 15) is 9.59 Å². The maximum absolute atomic E-state index is 12.1. The molecule has 0 aliphatic rings. The van der Waals surface area contributed by atoms with Crippen LogP contribution in [0.25, 0.3) is 0 Å². The van der Waals surface area contributed by atoms with Crippen LogP contribution in [-0.2, 0) is 10.5 Å². The Kier molecular flexibility index (Phi) is 6.58. The van der Waals surface area contributed by atoms with Crippen molar-refractivity contribution < 1.29 is 14.7 Å². The van der Waals surface area contributed by atoms with E-state index in [4.69, 9.17) is 5.11 Å². The molecule has 0 unspecified atom stereocenters. The quantitative estimate of drug-likeness (QED) is 0.811. The van der Waals surface area contributed by atoms with Crippen LogP contribution in [0.2, 0.25) is 0 Å². The molecule has 0 spiro atoms. The Morgan fingerprint density at radius 2 is 2.05 bits per heavy atom. The molecule has 1 atom stereocenters. The Morgan fingerprint density at radius 3 is 2.60 bits per heavy atom. The fourth-order valence-electron chi connectivity index (χ4n) is 1.90. The van der Waals surface area contributed by atoms with Crippen molar-refractivity contribution in [3.63, 3.8) is 0 Å². The summed E-state index contributed by atoms with van der Waals surface area (Å²) in [4.78, 5) is 23.3. The standard InChI is InChI=1S/C15H21NO3S/c1-10(2)7-13(15(18)19)16-14(17)12-6-4-5-11(8-12)9-20-3/h4-6,8,10,13H,7,9H2,1-3H3,(H,16,17)(H,18,19)/t13-/m1/s1. The highest BCUT2D eigenvalue weighted by Gasteiger charge is 2.21. The van der Waals surface area contributed by atoms with Crippen LogP contribution in [0, 0.1) is 5.92 Å². The third kappa shape index (κ3) is 5.25. The van der Waals surface area contributed by atoms with Gasteiger partial charge < -0.3 is 10.4 Å². The van der Waals surface area contributed by atoms with E-state index >= 15 is 0 Å². The number of rotatable bonds is 7. The van der Waals surface area contributed by atoms with Gasteiger partial charge in [-0.05, 0) is 36.3 Å². The summed E-state index contributed by atoms with van der Waals surface area (Å²) in [6.45, 7) is 3.86. The van der Waals surface area contributed by atoms with Gasteiger partial charge in [-0.15, -0.1) is 0 Å². The Balaban J connectivity index is 2.78. The van der Waals surface area contributed by atoms with Gasteiger partial charge in [-0.2, -0.15) is 11.8 Å². The van der Waals surface area contributed by atoms with Gasteiger partial charge in [0.15, 0.2) is 0 Å². The van der Waals surface area contributed by atoms with Crippen LogP contribution < -0.4 is 5.32 Å². The lowest BCUT2D eigenvalue weighted by atomic mass is 10.0. The van der Waals surface area contributed by atoms with Crippen LogP contribution in [0.4, 0.5) is 0 Å². The van der Waals surface area contributed by atoms with Crippen molar-refractivity contribution >= 4 is 23.6 Å². The maximum Gasteiger partial charge on any atom is 0.326 e. The summed E-state index contributed by atoms with van der Waals surface area (Å²) in [6.07, 6.45) is 2.42. The summed E-state index contributed by atoms with van der Waals surface area (Å²) in [7, 11) is 0. The molecule has 0 radical (unpaired) electrons. The van der Waals surface area contributed by atoms with Gasteiger partial charge in [0.2, 0.25) is 0 Å². The highest BCUT2D eigenvalue weighted by Crippen LogP contribution is 2.12. The zero-order valence-electron chi connectivity index (χ0n) is 12.1. The number of nitrogens with one attached hydrogen (secondary N) is 1. The lowest BCUT2D eigenvalue weighted by Crippen LogP contribution is -2.41. The minimum atomic E-state index is -0.993. The minimum Gasteiger partial charge on any atom is -0.480 e. The van der Waals surface area contributed by atoms with Crippen molar-refractivity contribution in [3.8, 4) is 0 Å². The summed E-state index contributed by atoms with van der Waals surface area (Å²) in [5.74, 6) is -0.289. The number of thioether (sulfide) groups is 1. The summed E-state index contributed by atoms with van der Waals surface area (Å²) in [5.41, 5.74) is 1.56. The van der Waals surface area contributed by atoms with E-state index in [-0.39, 0.29) is 11.8 Å². The number of hydrogen-bond acceptors (Lipinski definition) is 3. The molecular weight excluding hydrogens is 274 g/mol. The summed E-state index contributed by atoms with van der Waals surface area (Å²) >= 11 is 1.68. The molecule has 5 heteroatoms. The Morgan fingerprint density at radius 1 is 1.35 bits per heavy atom. The van der Waals surface area contributed by atoms with Crippen molar-refractivity contribution in [1.82, 2.24) is 5.32 Å². The molecule has 0 saturated carbocycles. The van der Waals surface area contributed by atoms with Crippen molar-refractivity contribution in [3.05, 3.63) is 35.4 Å². The number of hydrogen-bond donors (Lipinski definition) is 2. The van der Waals surface area contributed by atoms with Crippen molar-refractivity contribution in [2.45, 2.75) is 32.1 Å². The topological polar surface area (TPSA) is 66.4 Å². The first-order valence-electron chi connectivity index (χ1n) is 6.55.